The lowest BCUT2D eigenvalue weighted by Gasteiger charge is -2.15. The second-order valence-corrected chi connectivity index (χ2v) is 6.94. The van der Waals surface area contributed by atoms with E-state index in [0.29, 0.717) is 18.7 Å². The number of sulfonamides is 1. The van der Waals surface area contributed by atoms with Gasteiger partial charge in [-0.05, 0) is 24.3 Å². The molecule has 1 aliphatic rings. The zero-order chi connectivity index (χ0) is 16.3. The molecular formula is C14H18N2O5S. The zero-order valence-corrected chi connectivity index (χ0v) is 13.2. The highest BCUT2D eigenvalue weighted by Crippen LogP contribution is 2.28. The van der Waals surface area contributed by atoms with E-state index in [1.807, 2.05) is 0 Å². The van der Waals surface area contributed by atoms with Crippen LogP contribution >= 0.6 is 0 Å². The van der Waals surface area contributed by atoms with E-state index in [9.17, 15) is 18.0 Å². The summed E-state index contributed by atoms with van der Waals surface area (Å²) in [4.78, 5) is 23.8. The van der Waals surface area contributed by atoms with Gasteiger partial charge in [0.15, 0.2) is 0 Å². The largest absolute Gasteiger partial charge is 0.383 e. The number of methoxy groups -OCH3 is 1. The average Bonchev–Trinajstić information content (AvgIpc) is 2.67. The zero-order valence-electron chi connectivity index (χ0n) is 12.4. The molecule has 1 atom stereocenters. The van der Waals surface area contributed by atoms with Gasteiger partial charge >= 0.3 is 0 Å². The molecule has 120 valence electrons. The van der Waals surface area contributed by atoms with Gasteiger partial charge < -0.3 is 10.1 Å². The Hall–Kier alpha value is -1.93. The lowest BCUT2D eigenvalue weighted by molar-refractivity contribution is -0.119. The van der Waals surface area contributed by atoms with E-state index < -0.39 is 21.8 Å². The Morgan fingerprint density at radius 2 is 2.00 bits per heavy atom. The molecule has 0 radical (unpaired) electrons. The molecule has 7 nitrogen and oxygen atoms in total. The van der Waals surface area contributed by atoms with Crippen molar-refractivity contribution in [1.29, 1.82) is 0 Å². The van der Waals surface area contributed by atoms with Crippen LogP contribution in [0.15, 0.2) is 24.3 Å². The highest BCUT2D eigenvalue weighted by atomic mass is 32.2. The summed E-state index contributed by atoms with van der Waals surface area (Å²) in [5.74, 6) is -1.47. The molecule has 1 saturated heterocycles. The van der Waals surface area contributed by atoms with Crippen molar-refractivity contribution in [2.75, 3.05) is 30.3 Å². The minimum absolute atomic E-state index is 0.189. The van der Waals surface area contributed by atoms with Crippen LogP contribution in [0.2, 0.25) is 0 Å². The average molecular weight is 326 g/mol. The number of carbonyl (C=O) groups is 2. The molecule has 1 aromatic rings. The third-order valence-electron chi connectivity index (χ3n) is 3.32. The molecule has 1 fully saturated rings. The first-order valence-corrected chi connectivity index (χ1v) is 8.42. The maximum Gasteiger partial charge on any atom is 0.251 e. The van der Waals surface area contributed by atoms with E-state index in [0.717, 1.165) is 4.31 Å². The quantitative estimate of drug-likeness (QED) is 0.790. The molecule has 1 aromatic carbocycles. The van der Waals surface area contributed by atoms with E-state index in [1.54, 1.807) is 6.92 Å². The van der Waals surface area contributed by atoms with Crippen LogP contribution in [0, 0.1) is 5.92 Å². The van der Waals surface area contributed by atoms with Crippen LogP contribution in [0.5, 0.6) is 0 Å². The fourth-order valence-corrected chi connectivity index (χ4v) is 4.02. The fraction of sp³-hybridized carbons (Fsp3) is 0.429. The Balaban J connectivity index is 2.15. The first-order chi connectivity index (χ1) is 10.4. The Kier molecular flexibility index (Phi) is 4.82. The molecule has 0 aromatic heterocycles. The molecule has 2 amide bonds. The molecule has 1 aliphatic heterocycles. The standard InChI is InChI=1S/C14H18N2O5S/c1-10-9-22(19,20)16(14(10)18)12-5-3-11(4-6-12)13(17)15-7-8-21-2/h3-6,10H,7-9H2,1-2H3,(H,15,17). The SMILES string of the molecule is COCCNC(=O)c1ccc(N2C(=O)C(C)CS2(=O)=O)cc1. The first kappa shape index (κ1) is 16.4. The number of amides is 2. The van der Waals surface area contributed by atoms with Gasteiger partial charge in [0.05, 0.1) is 24.0 Å². The summed E-state index contributed by atoms with van der Waals surface area (Å²) in [5, 5.41) is 2.66. The van der Waals surface area contributed by atoms with Gasteiger partial charge in [-0.25, -0.2) is 12.7 Å². The van der Waals surface area contributed by atoms with Crippen molar-refractivity contribution < 1.29 is 22.7 Å². The molecule has 2 rings (SSSR count). The number of nitrogens with one attached hydrogen (secondary N) is 1. The van der Waals surface area contributed by atoms with Crippen molar-refractivity contribution in [1.82, 2.24) is 5.32 Å². The lowest BCUT2D eigenvalue weighted by Crippen LogP contribution is -2.30. The van der Waals surface area contributed by atoms with Crippen LogP contribution in [-0.4, -0.2) is 46.2 Å². The molecular weight excluding hydrogens is 308 g/mol. The highest BCUT2D eigenvalue weighted by molar-refractivity contribution is 7.94. The van der Waals surface area contributed by atoms with E-state index >= 15 is 0 Å². The van der Waals surface area contributed by atoms with Gasteiger partial charge in [-0.2, -0.15) is 0 Å². The Morgan fingerprint density at radius 3 is 2.50 bits per heavy atom. The maximum absolute atomic E-state index is 12.0. The Labute approximate surface area is 129 Å². The molecule has 0 saturated carbocycles. The summed E-state index contributed by atoms with van der Waals surface area (Å²) in [7, 11) is -2.09. The van der Waals surface area contributed by atoms with Gasteiger partial charge in [0.2, 0.25) is 15.9 Å². The van der Waals surface area contributed by atoms with Crippen LogP contribution in [0.4, 0.5) is 5.69 Å². The first-order valence-electron chi connectivity index (χ1n) is 6.81. The van der Waals surface area contributed by atoms with Crippen LogP contribution in [0.3, 0.4) is 0 Å². The molecule has 8 heteroatoms. The van der Waals surface area contributed by atoms with Gasteiger partial charge in [0.25, 0.3) is 5.91 Å². The topological polar surface area (TPSA) is 92.8 Å². The number of hydrogen-bond acceptors (Lipinski definition) is 5. The van der Waals surface area contributed by atoms with Gasteiger partial charge in [0, 0.05) is 19.2 Å². The van der Waals surface area contributed by atoms with Crippen molar-refractivity contribution in [2.24, 2.45) is 5.92 Å². The minimum Gasteiger partial charge on any atom is -0.383 e. The van der Waals surface area contributed by atoms with Gasteiger partial charge in [-0.15, -0.1) is 0 Å². The second-order valence-electron chi connectivity index (χ2n) is 5.08. The number of anilines is 1. The van der Waals surface area contributed by atoms with Crippen molar-refractivity contribution in [3.8, 4) is 0 Å². The predicted molar refractivity (Wildman–Crippen MR) is 81.1 cm³/mol. The summed E-state index contributed by atoms with van der Waals surface area (Å²) in [6.45, 7) is 2.37. The number of rotatable bonds is 5. The van der Waals surface area contributed by atoms with Crippen LogP contribution < -0.4 is 9.62 Å². The highest BCUT2D eigenvalue weighted by Gasteiger charge is 2.41. The van der Waals surface area contributed by atoms with Gasteiger partial charge in [0.1, 0.15) is 0 Å². The molecule has 1 unspecified atom stereocenters. The summed E-state index contributed by atoms with van der Waals surface area (Å²) in [5.41, 5.74) is 0.639. The van der Waals surface area contributed by atoms with Gasteiger partial charge in [-0.1, -0.05) is 6.92 Å². The third kappa shape index (κ3) is 3.28. The lowest BCUT2D eigenvalue weighted by atomic mass is 10.1. The summed E-state index contributed by atoms with van der Waals surface area (Å²) in [6, 6.07) is 5.89. The third-order valence-corrected chi connectivity index (χ3v) is 5.18. The van der Waals surface area contributed by atoms with E-state index in [1.165, 1.54) is 31.4 Å². The van der Waals surface area contributed by atoms with E-state index in [-0.39, 0.29) is 17.3 Å². The Morgan fingerprint density at radius 1 is 1.36 bits per heavy atom. The molecule has 0 spiro atoms. The summed E-state index contributed by atoms with van der Waals surface area (Å²) in [6.07, 6.45) is 0. The van der Waals surface area contributed by atoms with Crippen molar-refractivity contribution in [3.63, 3.8) is 0 Å². The number of ether oxygens (including phenoxy) is 1. The van der Waals surface area contributed by atoms with Crippen molar-refractivity contribution >= 4 is 27.5 Å². The maximum atomic E-state index is 12.0. The van der Waals surface area contributed by atoms with Crippen LogP contribution in [0.25, 0.3) is 0 Å². The number of carbonyl (C=O) groups excluding carboxylic acids is 2. The molecule has 0 aliphatic carbocycles. The van der Waals surface area contributed by atoms with E-state index in [4.69, 9.17) is 4.74 Å². The smallest absolute Gasteiger partial charge is 0.251 e. The second kappa shape index (κ2) is 6.45. The van der Waals surface area contributed by atoms with Crippen LogP contribution in [-0.2, 0) is 19.6 Å². The van der Waals surface area contributed by atoms with Crippen molar-refractivity contribution in [3.05, 3.63) is 29.8 Å². The number of benzene rings is 1. The van der Waals surface area contributed by atoms with Crippen LogP contribution in [0.1, 0.15) is 17.3 Å². The summed E-state index contributed by atoms with van der Waals surface area (Å²) >= 11 is 0. The Bertz CT molecular complexity index is 669. The fourth-order valence-electron chi connectivity index (χ4n) is 2.20. The predicted octanol–water partition coefficient (Wildman–Crippen LogP) is 0.375. The molecule has 22 heavy (non-hydrogen) atoms. The minimum atomic E-state index is -3.62. The molecule has 1 heterocycles. The monoisotopic (exact) mass is 326 g/mol. The van der Waals surface area contributed by atoms with Gasteiger partial charge in [-0.3, -0.25) is 9.59 Å². The normalized spacial score (nSPS) is 20.2. The van der Waals surface area contributed by atoms with E-state index in [2.05, 4.69) is 5.32 Å². The molecule has 1 N–H and O–H groups in total. The number of hydrogen-bond donors (Lipinski definition) is 1. The molecule has 0 bridgehead atoms. The van der Waals surface area contributed by atoms with Crippen molar-refractivity contribution in [2.45, 2.75) is 6.92 Å². The summed E-state index contributed by atoms with van der Waals surface area (Å²) < 4.78 is 29.6. The number of nitrogens with zero attached hydrogens (tertiary/aromatic N) is 1.